The maximum atomic E-state index is 10.0. The monoisotopic (exact) mass is 338 g/mol. The molecular formula is C20H26N4O. The van der Waals surface area contributed by atoms with Crippen LogP contribution in [0.4, 0.5) is 5.69 Å². The Morgan fingerprint density at radius 2 is 2.04 bits per heavy atom. The van der Waals surface area contributed by atoms with Crippen LogP contribution in [-0.2, 0) is 19.4 Å². The number of hydrogen-bond acceptors (Lipinski definition) is 4. The zero-order valence-electron chi connectivity index (χ0n) is 15.0. The van der Waals surface area contributed by atoms with Gasteiger partial charge in [0, 0.05) is 23.3 Å². The minimum absolute atomic E-state index is 0.275. The van der Waals surface area contributed by atoms with E-state index in [2.05, 4.69) is 23.6 Å². The molecule has 0 bridgehead atoms. The average molecular weight is 338 g/mol. The number of nitrogens with zero attached hydrogens (tertiary/aromatic N) is 3. The van der Waals surface area contributed by atoms with Crippen molar-refractivity contribution in [2.45, 2.75) is 38.6 Å². The highest BCUT2D eigenvalue weighted by atomic mass is 16.3. The first-order chi connectivity index (χ1) is 12.1. The van der Waals surface area contributed by atoms with E-state index in [1.807, 2.05) is 12.1 Å². The lowest BCUT2D eigenvalue weighted by atomic mass is 9.93. The van der Waals surface area contributed by atoms with Crippen LogP contribution in [0.1, 0.15) is 30.5 Å². The molecule has 2 heterocycles. The van der Waals surface area contributed by atoms with Crippen molar-refractivity contribution < 1.29 is 5.11 Å². The van der Waals surface area contributed by atoms with Gasteiger partial charge in [0.1, 0.15) is 11.4 Å². The Morgan fingerprint density at radius 1 is 1.24 bits per heavy atom. The van der Waals surface area contributed by atoms with Crippen LogP contribution >= 0.6 is 0 Å². The number of phenols is 1. The molecule has 0 saturated heterocycles. The molecule has 0 unspecified atom stereocenters. The Hall–Kier alpha value is -2.27. The maximum absolute atomic E-state index is 10.0. The highest BCUT2D eigenvalue weighted by Crippen LogP contribution is 2.38. The third-order valence-corrected chi connectivity index (χ3v) is 5.28. The summed E-state index contributed by atoms with van der Waals surface area (Å²) >= 11 is 0. The van der Waals surface area contributed by atoms with E-state index in [0.29, 0.717) is 0 Å². The minimum Gasteiger partial charge on any atom is -0.508 e. The second-order valence-corrected chi connectivity index (χ2v) is 7.37. The molecule has 4 rings (SSSR count). The van der Waals surface area contributed by atoms with Crippen LogP contribution in [0.25, 0.3) is 21.9 Å². The van der Waals surface area contributed by atoms with Crippen molar-refractivity contribution >= 4 is 27.6 Å². The van der Waals surface area contributed by atoms with Gasteiger partial charge >= 0.3 is 0 Å². The van der Waals surface area contributed by atoms with Crippen molar-refractivity contribution in [3.63, 3.8) is 0 Å². The molecule has 5 heteroatoms. The van der Waals surface area contributed by atoms with Gasteiger partial charge in [-0.15, -0.1) is 0 Å². The first-order valence-electron chi connectivity index (χ1n) is 9.13. The molecule has 0 radical (unpaired) electrons. The van der Waals surface area contributed by atoms with E-state index in [4.69, 9.17) is 10.7 Å². The van der Waals surface area contributed by atoms with Gasteiger partial charge in [-0.05, 0) is 76.5 Å². The zero-order valence-corrected chi connectivity index (χ0v) is 15.0. The molecule has 1 aromatic carbocycles. The van der Waals surface area contributed by atoms with Gasteiger partial charge in [0.25, 0.3) is 0 Å². The number of fused-ring (bicyclic) bond motifs is 4. The summed E-state index contributed by atoms with van der Waals surface area (Å²) in [4.78, 5) is 7.23. The van der Waals surface area contributed by atoms with Crippen molar-refractivity contribution in [3.05, 3.63) is 29.5 Å². The predicted molar refractivity (Wildman–Crippen MR) is 103 cm³/mol. The lowest BCUT2D eigenvalue weighted by molar-refractivity contribution is 0.389. The van der Waals surface area contributed by atoms with Gasteiger partial charge < -0.3 is 20.3 Å². The van der Waals surface area contributed by atoms with Crippen LogP contribution in [0.15, 0.2) is 18.2 Å². The van der Waals surface area contributed by atoms with Crippen molar-refractivity contribution in [2.75, 3.05) is 26.4 Å². The van der Waals surface area contributed by atoms with E-state index in [0.717, 1.165) is 65.7 Å². The fourth-order valence-electron chi connectivity index (χ4n) is 4.06. The summed E-state index contributed by atoms with van der Waals surface area (Å²) in [7, 11) is 4.19. The van der Waals surface area contributed by atoms with Crippen molar-refractivity contribution in [3.8, 4) is 5.75 Å². The van der Waals surface area contributed by atoms with Crippen LogP contribution in [-0.4, -0.2) is 40.2 Å². The van der Waals surface area contributed by atoms with Crippen LogP contribution in [0.5, 0.6) is 5.75 Å². The number of aromatic nitrogens is 2. The topological polar surface area (TPSA) is 67.3 Å². The molecule has 1 aliphatic carbocycles. The number of rotatable bonds is 4. The fourth-order valence-corrected chi connectivity index (χ4v) is 4.06. The third kappa shape index (κ3) is 2.72. The molecule has 0 spiro atoms. The predicted octanol–water partition coefficient (Wildman–Crippen LogP) is 3.31. The van der Waals surface area contributed by atoms with E-state index in [1.165, 1.54) is 18.4 Å². The lowest BCUT2D eigenvalue weighted by Gasteiger charge is -2.18. The highest BCUT2D eigenvalue weighted by Gasteiger charge is 2.21. The van der Waals surface area contributed by atoms with Gasteiger partial charge in [0.15, 0.2) is 0 Å². The van der Waals surface area contributed by atoms with Crippen LogP contribution in [0.3, 0.4) is 0 Å². The quantitative estimate of drug-likeness (QED) is 0.766. The summed E-state index contributed by atoms with van der Waals surface area (Å²) in [5.74, 6) is 0.275. The number of benzene rings is 1. The molecule has 0 amide bonds. The second-order valence-electron chi connectivity index (χ2n) is 7.37. The molecule has 0 atom stereocenters. The molecular weight excluding hydrogens is 312 g/mol. The Kier molecular flexibility index (Phi) is 4.04. The Morgan fingerprint density at radius 3 is 2.84 bits per heavy atom. The number of hydrogen-bond donors (Lipinski definition) is 2. The van der Waals surface area contributed by atoms with E-state index in [9.17, 15) is 5.11 Å². The Labute approximate surface area is 148 Å². The van der Waals surface area contributed by atoms with E-state index < -0.39 is 0 Å². The first-order valence-corrected chi connectivity index (χ1v) is 9.13. The summed E-state index contributed by atoms with van der Waals surface area (Å²) in [5.41, 5.74) is 11.9. The lowest BCUT2D eigenvalue weighted by Crippen LogP contribution is -2.15. The zero-order chi connectivity index (χ0) is 17.6. The standard InChI is InChI=1S/C20H26N4O/c1-23(2)10-5-11-24-17-9-8-13(25)12-15(17)18-19(21)14-6-3-4-7-16(14)22-20(18)24/h8-9,12,25H,3-7,10-11H2,1-2H3,(H2,21,22). The number of nitrogens with two attached hydrogens (primary N) is 1. The fraction of sp³-hybridized carbons (Fsp3) is 0.450. The summed E-state index contributed by atoms with van der Waals surface area (Å²) < 4.78 is 2.28. The number of aryl methyl sites for hydroxylation is 2. The molecule has 5 nitrogen and oxygen atoms in total. The van der Waals surface area contributed by atoms with Crippen LogP contribution in [0.2, 0.25) is 0 Å². The number of nitrogen functional groups attached to an aromatic ring is 1. The van der Waals surface area contributed by atoms with Gasteiger partial charge in [0.2, 0.25) is 0 Å². The molecule has 0 aliphatic heterocycles. The molecule has 0 fully saturated rings. The van der Waals surface area contributed by atoms with E-state index >= 15 is 0 Å². The van der Waals surface area contributed by atoms with Gasteiger partial charge in [-0.1, -0.05) is 0 Å². The SMILES string of the molecule is CN(C)CCCn1c2ccc(O)cc2c2c(N)c3c(nc21)CCCC3. The highest BCUT2D eigenvalue weighted by molar-refractivity contribution is 6.13. The van der Waals surface area contributed by atoms with E-state index in [1.54, 1.807) is 6.07 Å². The molecule has 1 aliphatic rings. The summed E-state index contributed by atoms with van der Waals surface area (Å²) in [6, 6.07) is 5.56. The third-order valence-electron chi connectivity index (χ3n) is 5.28. The van der Waals surface area contributed by atoms with Gasteiger partial charge in [-0.25, -0.2) is 4.98 Å². The number of phenolic OH excluding ortho intramolecular Hbond substituents is 1. The minimum atomic E-state index is 0.275. The molecule has 25 heavy (non-hydrogen) atoms. The molecule has 2 aromatic heterocycles. The van der Waals surface area contributed by atoms with E-state index in [-0.39, 0.29) is 5.75 Å². The van der Waals surface area contributed by atoms with Crippen LogP contribution < -0.4 is 5.73 Å². The Balaban J connectivity index is 1.96. The largest absolute Gasteiger partial charge is 0.508 e. The summed E-state index contributed by atoms with van der Waals surface area (Å²) in [6.07, 6.45) is 5.44. The molecule has 132 valence electrons. The normalized spacial score (nSPS) is 14.5. The maximum Gasteiger partial charge on any atom is 0.143 e. The van der Waals surface area contributed by atoms with Crippen molar-refractivity contribution in [1.29, 1.82) is 0 Å². The molecule has 3 aromatic rings. The van der Waals surface area contributed by atoms with Gasteiger partial charge in [-0.2, -0.15) is 0 Å². The van der Waals surface area contributed by atoms with Gasteiger partial charge in [-0.3, -0.25) is 0 Å². The average Bonchev–Trinajstić information content (AvgIpc) is 2.88. The smallest absolute Gasteiger partial charge is 0.143 e. The summed E-state index contributed by atoms with van der Waals surface area (Å²) in [6.45, 7) is 1.92. The van der Waals surface area contributed by atoms with Gasteiger partial charge in [0.05, 0.1) is 10.9 Å². The number of pyridine rings is 1. The second kappa shape index (κ2) is 6.23. The summed E-state index contributed by atoms with van der Waals surface area (Å²) in [5, 5.41) is 12.0. The van der Waals surface area contributed by atoms with Crippen LogP contribution in [0, 0.1) is 0 Å². The first kappa shape index (κ1) is 16.2. The van der Waals surface area contributed by atoms with Crippen molar-refractivity contribution in [1.82, 2.24) is 14.5 Å². The van der Waals surface area contributed by atoms with Crippen molar-refractivity contribution in [2.24, 2.45) is 0 Å². The number of anilines is 1. The molecule has 0 saturated carbocycles. The molecule has 3 N–H and O–H groups in total. The Bertz CT molecular complexity index is 942. The number of aromatic hydroxyl groups is 1.